The fraction of sp³-hybridized carbons (Fsp3) is 0.600. The zero-order chi connectivity index (χ0) is 25.9. The van der Waals surface area contributed by atoms with Crippen molar-refractivity contribution in [3.8, 4) is 0 Å². The van der Waals surface area contributed by atoms with E-state index < -0.39 is 8.07 Å². The number of hydrogen-bond acceptors (Lipinski definition) is 0. The summed E-state index contributed by atoms with van der Waals surface area (Å²) in [4.78, 5) is 0. The Labute approximate surface area is 223 Å². The molecule has 0 aliphatic heterocycles. The molecule has 4 aliphatic carbocycles. The van der Waals surface area contributed by atoms with Gasteiger partial charge < -0.3 is 0 Å². The average Bonchev–Trinajstić information content (AvgIpc) is 3.60. The molecule has 5 rings (SSSR count). The van der Waals surface area contributed by atoms with Gasteiger partial charge in [0.2, 0.25) is 0 Å². The van der Waals surface area contributed by atoms with Crippen molar-refractivity contribution in [3.05, 3.63) is 73.9 Å². The summed E-state index contributed by atoms with van der Waals surface area (Å²) in [6.07, 6.45) is 16.9. The highest BCUT2D eigenvalue weighted by Crippen LogP contribution is 2.58. The van der Waals surface area contributed by atoms with Crippen molar-refractivity contribution in [2.45, 2.75) is 129 Å². The molecule has 2 unspecified atom stereocenters. The second-order valence-electron chi connectivity index (χ2n) is 13.3. The van der Waals surface area contributed by atoms with Crippen molar-refractivity contribution >= 4 is 14.1 Å². The Morgan fingerprint density at radius 1 is 0.944 bits per heavy atom. The minimum Gasteiger partial charge on any atom is -0.167 e. The predicted molar refractivity (Wildman–Crippen MR) is 162 cm³/mol. The zero-order valence-corrected chi connectivity index (χ0v) is 25.6. The van der Waals surface area contributed by atoms with Crippen LogP contribution in [0.3, 0.4) is 0 Å². The maximum Gasteiger partial charge on any atom is -0.00900 e. The predicted octanol–water partition coefficient (Wildman–Crippen LogP) is 10.8. The molecule has 0 radical (unpaired) electrons. The fourth-order valence-electron chi connectivity index (χ4n) is 9.25. The van der Waals surface area contributed by atoms with Gasteiger partial charge >= 0.3 is 0 Å². The number of fused-ring (bicyclic) bond motifs is 2. The van der Waals surface area contributed by atoms with E-state index >= 15 is 0 Å². The van der Waals surface area contributed by atoms with Gasteiger partial charge in [0.05, 0.1) is 0 Å². The van der Waals surface area contributed by atoms with E-state index in [0.29, 0.717) is 17.0 Å². The van der Waals surface area contributed by atoms with Gasteiger partial charge in [0.15, 0.2) is 0 Å². The molecule has 0 nitrogen and oxygen atoms in total. The molecule has 4 aliphatic rings. The number of hydrogen-bond donors (Lipinski definition) is 0. The Bertz CT molecular complexity index is 1160. The number of benzene rings is 1. The third-order valence-corrected chi connectivity index (χ3v) is 15.6. The number of rotatable bonds is 7. The smallest absolute Gasteiger partial charge is 0.00900 e. The highest BCUT2D eigenvalue weighted by molar-refractivity contribution is 6.82. The molecular weight excluding hydrogens is 448 g/mol. The van der Waals surface area contributed by atoms with E-state index in [-0.39, 0.29) is 0 Å². The first-order chi connectivity index (χ1) is 17.1. The maximum absolute atomic E-state index is 2.74. The quantitative estimate of drug-likeness (QED) is 0.259. The normalized spacial score (nSPS) is 26.8. The summed E-state index contributed by atoms with van der Waals surface area (Å²) >= 11 is 0. The summed E-state index contributed by atoms with van der Waals surface area (Å²) in [5, 5.41) is 0. The Morgan fingerprint density at radius 2 is 1.64 bits per heavy atom. The van der Waals surface area contributed by atoms with E-state index in [4.69, 9.17) is 0 Å². The van der Waals surface area contributed by atoms with Crippen molar-refractivity contribution in [2.24, 2.45) is 5.92 Å². The first kappa shape index (κ1) is 26.0. The molecule has 4 atom stereocenters. The lowest BCUT2D eigenvalue weighted by molar-refractivity contribution is 0.486. The molecule has 36 heavy (non-hydrogen) atoms. The standard InChI is InChI=1S/C35H50Si/c1-10-14-26(11-2)32-30-19-21(3)34(36(8,9)35-24(6)22(4)23(5)25(35)7)31(30)20-28-17-18-29(33(28)32)27-15-12-13-16-27/h12,15,19-20,26-27,29,34-35H,10-11,13-14,16-18H2,1-9H3/q-1/t26-,27-,29?,34?/m0/s1. The molecule has 1 aromatic rings. The largest absolute Gasteiger partial charge is 0.167 e. The van der Waals surface area contributed by atoms with Gasteiger partial charge in [0, 0.05) is 0 Å². The SMILES string of the molecule is CCC[C@H](CC)c1c2c(cc3c1C([C@H]1C=CCC1)CC3)C([Si-](C)(C)C1C(C)=C(C)C(C)=C1C)C(C)=C2. The highest BCUT2D eigenvalue weighted by atomic mass is 28.3. The summed E-state index contributed by atoms with van der Waals surface area (Å²) in [5.74, 6) is 2.22. The Kier molecular flexibility index (Phi) is 6.95. The Balaban J connectivity index is 1.68. The lowest BCUT2D eigenvalue weighted by atomic mass is 9.77. The topological polar surface area (TPSA) is 0 Å². The molecular formula is C35H50Si-. The van der Waals surface area contributed by atoms with Gasteiger partial charge in [-0.1, -0.05) is 83.5 Å². The number of aryl methyl sites for hydroxylation is 1. The van der Waals surface area contributed by atoms with Gasteiger partial charge in [-0.3, -0.25) is 0 Å². The van der Waals surface area contributed by atoms with Crippen LogP contribution in [0.1, 0.15) is 132 Å². The Hall–Kier alpha value is -1.60. The van der Waals surface area contributed by atoms with Crippen molar-refractivity contribution in [3.63, 3.8) is 0 Å². The highest BCUT2D eigenvalue weighted by Gasteiger charge is 2.41. The van der Waals surface area contributed by atoms with Crippen LogP contribution in [0.5, 0.6) is 0 Å². The third-order valence-electron chi connectivity index (χ3n) is 11.0. The van der Waals surface area contributed by atoms with E-state index in [1.165, 1.54) is 44.9 Å². The molecule has 1 heteroatoms. The summed E-state index contributed by atoms with van der Waals surface area (Å²) in [6, 6.07) is 2.74. The van der Waals surface area contributed by atoms with Crippen molar-refractivity contribution in [1.82, 2.24) is 0 Å². The molecule has 0 bridgehead atoms. The molecule has 0 amide bonds. The molecule has 1 aromatic carbocycles. The summed E-state index contributed by atoms with van der Waals surface area (Å²) < 4.78 is 0. The lowest BCUT2D eigenvalue weighted by Crippen LogP contribution is -2.41. The van der Waals surface area contributed by atoms with Gasteiger partial charge in [-0.25, -0.2) is 0 Å². The van der Waals surface area contributed by atoms with Crippen LogP contribution in [-0.2, 0) is 6.42 Å². The van der Waals surface area contributed by atoms with E-state index in [1.54, 1.807) is 55.7 Å². The van der Waals surface area contributed by atoms with Crippen LogP contribution >= 0.6 is 0 Å². The van der Waals surface area contributed by atoms with Gasteiger partial charge in [-0.05, 0) is 113 Å². The van der Waals surface area contributed by atoms with Crippen LogP contribution in [0.2, 0.25) is 18.6 Å². The zero-order valence-electron chi connectivity index (χ0n) is 24.6. The first-order valence-corrected chi connectivity index (χ1v) is 18.2. The minimum absolute atomic E-state index is 0.634. The minimum atomic E-state index is -1.72. The molecule has 0 spiro atoms. The van der Waals surface area contributed by atoms with E-state index in [2.05, 4.69) is 85.9 Å². The van der Waals surface area contributed by atoms with Gasteiger partial charge in [0.1, 0.15) is 0 Å². The monoisotopic (exact) mass is 498 g/mol. The maximum atomic E-state index is 2.74. The van der Waals surface area contributed by atoms with Crippen LogP contribution in [-0.4, -0.2) is 8.07 Å². The average molecular weight is 499 g/mol. The number of allylic oxidation sites excluding steroid dienone is 7. The van der Waals surface area contributed by atoms with Crippen LogP contribution in [0, 0.1) is 5.92 Å². The second-order valence-corrected chi connectivity index (χ2v) is 18.1. The molecule has 195 valence electrons. The molecule has 0 fully saturated rings. The van der Waals surface area contributed by atoms with Crippen molar-refractivity contribution in [1.29, 1.82) is 0 Å². The lowest BCUT2D eigenvalue weighted by Gasteiger charge is -2.50. The van der Waals surface area contributed by atoms with Gasteiger partial charge in [0.25, 0.3) is 0 Å². The third kappa shape index (κ3) is 3.82. The second kappa shape index (κ2) is 9.61. The van der Waals surface area contributed by atoms with Gasteiger partial charge in [-0.15, -0.1) is 13.6 Å². The summed E-state index contributed by atoms with van der Waals surface area (Å²) in [6.45, 7) is 22.3. The summed E-state index contributed by atoms with van der Waals surface area (Å²) in [7, 11) is -1.72. The van der Waals surface area contributed by atoms with E-state index in [9.17, 15) is 0 Å². The molecule has 0 saturated heterocycles. The van der Waals surface area contributed by atoms with Crippen LogP contribution in [0.4, 0.5) is 0 Å². The summed E-state index contributed by atoms with van der Waals surface area (Å²) in [5.41, 5.74) is 18.1. The molecule has 0 heterocycles. The van der Waals surface area contributed by atoms with Crippen molar-refractivity contribution < 1.29 is 0 Å². The van der Waals surface area contributed by atoms with Crippen molar-refractivity contribution in [2.75, 3.05) is 0 Å². The Morgan fingerprint density at radius 3 is 2.22 bits per heavy atom. The molecule has 0 N–H and O–H groups in total. The van der Waals surface area contributed by atoms with Crippen LogP contribution in [0.25, 0.3) is 6.08 Å². The van der Waals surface area contributed by atoms with E-state index in [0.717, 1.165) is 11.8 Å². The van der Waals surface area contributed by atoms with Crippen LogP contribution < -0.4 is 0 Å². The van der Waals surface area contributed by atoms with E-state index in [1.807, 2.05) is 0 Å². The molecule has 0 saturated carbocycles. The molecule has 0 aromatic heterocycles. The fourth-order valence-corrected chi connectivity index (χ4v) is 14.5. The first-order valence-electron chi connectivity index (χ1n) is 15.0. The van der Waals surface area contributed by atoms with Gasteiger partial charge in [-0.2, -0.15) is 13.1 Å². The van der Waals surface area contributed by atoms with Crippen LogP contribution in [0.15, 0.2) is 46.1 Å².